The Balaban J connectivity index is 0. The highest BCUT2D eigenvalue weighted by molar-refractivity contribution is 4.28. The van der Waals surface area contributed by atoms with Gasteiger partial charge in [-0.2, -0.15) is 0 Å². The van der Waals surface area contributed by atoms with Gasteiger partial charge in [0.15, 0.2) is 0 Å². The molecule has 70 valence electrons. The van der Waals surface area contributed by atoms with E-state index in [2.05, 4.69) is 0 Å². The zero-order chi connectivity index (χ0) is 7.82. The smallest absolute Gasteiger partial charge is 0.101 e. The van der Waals surface area contributed by atoms with Gasteiger partial charge in [0.05, 0.1) is 19.8 Å². The Kier molecular flexibility index (Phi) is 11.9. The van der Waals surface area contributed by atoms with Crippen LogP contribution in [0, 0.1) is 0 Å². The number of aliphatic hydroxyl groups is 3. The highest BCUT2D eigenvalue weighted by Gasteiger charge is 2.03. The van der Waals surface area contributed by atoms with E-state index in [-0.39, 0.29) is 26.0 Å². The first-order valence-electron chi connectivity index (χ1n) is 3.51. The van der Waals surface area contributed by atoms with Crippen LogP contribution >= 0.6 is 0 Å². The SMILES string of the molecule is OCC[NH+](CCO)CCO.[NH4+]. The van der Waals surface area contributed by atoms with Crippen molar-refractivity contribution in [1.82, 2.24) is 6.15 Å². The van der Waals surface area contributed by atoms with Gasteiger partial charge in [-0.15, -0.1) is 0 Å². The van der Waals surface area contributed by atoms with Gasteiger partial charge in [-0.1, -0.05) is 0 Å². The lowest BCUT2D eigenvalue weighted by molar-refractivity contribution is -0.901. The largest absolute Gasteiger partial charge is 0.391 e. The first-order valence-corrected chi connectivity index (χ1v) is 3.51. The van der Waals surface area contributed by atoms with Crippen LogP contribution in [-0.4, -0.2) is 54.8 Å². The summed E-state index contributed by atoms with van der Waals surface area (Å²) in [6.07, 6.45) is 0. The Hall–Kier alpha value is -0.200. The topological polar surface area (TPSA) is 102 Å². The predicted molar refractivity (Wildman–Crippen MR) is 42.8 cm³/mol. The molecule has 0 aliphatic heterocycles. The quantitative estimate of drug-likeness (QED) is 0.296. The lowest BCUT2D eigenvalue weighted by atomic mass is 10.4. The van der Waals surface area contributed by atoms with Crippen LogP contribution in [0.1, 0.15) is 0 Å². The number of quaternary nitrogens is 2. The number of hydrogen-bond donors (Lipinski definition) is 5. The zero-order valence-electron chi connectivity index (χ0n) is 7.08. The minimum Gasteiger partial charge on any atom is -0.391 e. The van der Waals surface area contributed by atoms with E-state index in [1.807, 2.05) is 0 Å². The van der Waals surface area contributed by atoms with Crippen LogP contribution in [0.3, 0.4) is 0 Å². The van der Waals surface area contributed by atoms with Crippen molar-refractivity contribution in [3.05, 3.63) is 0 Å². The lowest BCUT2D eigenvalue weighted by Gasteiger charge is -2.15. The summed E-state index contributed by atoms with van der Waals surface area (Å²) in [5.74, 6) is 0. The Labute approximate surface area is 66.8 Å². The van der Waals surface area contributed by atoms with Crippen LogP contribution in [0.2, 0.25) is 0 Å². The van der Waals surface area contributed by atoms with Crippen LogP contribution in [0.15, 0.2) is 0 Å². The third-order valence-corrected chi connectivity index (χ3v) is 1.40. The van der Waals surface area contributed by atoms with Gasteiger partial charge in [0.25, 0.3) is 0 Å². The number of nitrogens with one attached hydrogen (secondary N) is 1. The number of rotatable bonds is 6. The minimum atomic E-state index is 0. The molecule has 0 amide bonds. The van der Waals surface area contributed by atoms with Crippen molar-refractivity contribution < 1.29 is 20.2 Å². The highest BCUT2D eigenvalue weighted by Crippen LogP contribution is 1.52. The van der Waals surface area contributed by atoms with Crippen LogP contribution in [0.5, 0.6) is 0 Å². The molecule has 0 aromatic carbocycles. The summed E-state index contributed by atoms with van der Waals surface area (Å²) in [6, 6.07) is 0. The second-order valence-corrected chi connectivity index (χ2v) is 2.17. The van der Waals surface area contributed by atoms with Gasteiger partial charge in [-0.05, 0) is 0 Å². The van der Waals surface area contributed by atoms with E-state index in [9.17, 15) is 0 Å². The molecule has 8 N–H and O–H groups in total. The Morgan fingerprint density at radius 1 is 0.727 bits per heavy atom. The summed E-state index contributed by atoms with van der Waals surface area (Å²) in [5.41, 5.74) is 0. The molecular weight excluding hydrogens is 148 g/mol. The van der Waals surface area contributed by atoms with Crippen molar-refractivity contribution in [2.75, 3.05) is 39.5 Å². The summed E-state index contributed by atoms with van der Waals surface area (Å²) in [4.78, 5) is 1.03. The molecule has 0 radical (unpaired) electrons. The maximum Gasteiger partial charge on any atom is 0.101 e. The van der Waals surface area contributed by atoms with E-state index in [0.717, 1.165) is 4.90 Å². The van der Waals surface area contributed by atoms with Crippen molar-refractivity contribution in [2.24, 2.45) is 0 Å². The van der Waals surface area contributed by atoms with Crippen LogP contribution in [0.25, 0.3) is 0 Å². The van der Waals surface area contributed by atoms with Crippen LogP contribution in [-0.2, 0) is 0 Å². The third kappa shape index (κ3) is 7.70. The first-order chi connectivity index (χ1) is 4.85. The Bertz CT molecular complexity index is 58.6. The molecule has 0 bridgehead atoms. The molecule has 0 spiro atoms. The van der Waals surface area contributed by atoms with E-state index < -0.39 is 0 Å². The first kappa shape index (κ1) is 13.4. The van der Waals surface area contributed by atoms with Gasteiger partial charge in [0, 0.05) is 0 Å². The van der Waals surface area contributed by atoms with Crippen LogP contribution < -0.4 is 11.1 Å². The molecule has 0 aromatic rings. The van der Waals surface area contributed by atoms with Crippen molar-refractivity contribution >= 4 is 0 Å². The van der Waals surface area contributed by atoms with Gasteiger partial charge in [-0.3, -0.25) is 0 Å². The fourth-order valence-electron chi connectivity index (χ4n) is 0.849. The molecule has 0 aliphatic rings. The standard InChI is InChI=1S/C6H15NO3.H3N/c8-4-1-7(2-5-9)3-6-10;/h8-10H,1-6H2;1H3/p+2. The third-order valence-electron chi connectivity index (χ3n) is 1.40. The zero-order valence-corrected chi connectivity index (χ0v) is 7.08. The van der Waals surface area contributed by atoms with Crippen molar-refractivity contribution in [3.63, 3.8) is 0 Å². The van der Waals surface area contributed by atoms with E-state index in [0.29, 0.717) is 19.6 Å². The molecule has 5 heteroatoms. The van der Waals surface area contributed by atoms with Crippen molar-refractivity contribution in [1.29, 1.82) is 0 Å². The normalized spacial score (nSPS) is 9.82. The monoisotopic (exact) mass is 168 g/mol. The predicted octanol–water partition coefficient (Wildman–Crippen LogP) is -2.78. The number of hydrogen-bond acceptors (Lipinski definition) is 3. The van der Waals surface area contributed by atoms with Gasteiger partial charge < -0.3 is 26.4 Å². The van der Waals surface area contributed by atoms with Gasteiger partial charge >= 0.3 is 0 Å². The molecule has 5 nitrogen and oxygen atoms in total. The summed E-state index contributed by atoms with van der Waals surface area (Å²) >= 11 is 0. The Morgan fingerprint density at radius 3 is 1.18 bits per heavy atom. The fourth-order valence-corrected chi connectivity index (χ4v) is 0.849. The molecule has 0 fully saturated rings. The summed E-state index contributed by atoms with van der Waals surface area (Å²) in [5, 5.41) is 25.5. The molecule has 0 unspecified atom stereocenters. The average molecular weight is 168 g/mol. The highest BCUT2D eigenvalue weighted by atomic mass is 16.3. The molecule has 0 rings (SSSR count). The van der Waals surface area contributed by atoms with E-state index >= 15 is 0 Å². The van der Waals surface area contributed by atoms with Crippen molar-refractivity contribution in [3.8, 4) is 0 Å². The van der Waals surface area contributed by atoms with Gasteiger partial charge in [0.1, 0.15) is 19.6 Å². The molecule has 11 heavy (non-hydrogen) atoms. The summed E-state index contributed by atoms with van der Waals surface area (Å²) in [6.45, 7) is 2.11. The lowest BCUT2D eigenvalue weighted by Crippen LogP contribution is -3.13. The van der Waals surface area contributed by atoms with Crippen molar-refractivity contribution in [2.45, 2.75) is 0 Å². The summed E-state index contributed by atoms with van der Waals surface area (Å²) in [7, 11) is 0. The molecule has 0 atom stereocenters. The molecule has 0 aromatic heterocycles. The molecular formula is C6H20N2O3+2. The Morgan fingerprint density at radius 2 is 1.00 bits per heavy atom. The second kappa shape index (κ2) is 9.80. The van der Waals surface area contributed by atoms with Gasteiger partial charge in [0.2, 0.25) is 0 Å². The molecule has 0 aliphatic carbocycles. The fraction of sp³-hybridized carbons (Fsp3) is 1.00. The maximum absolute atomic E-state index is 8.51. The van der Waals surface area contributed by atoms with Crippen LogP contribution in [0.4, 0.5) is 0 Å². The summed E-state index contributed by atoms with van der Waals surface area (Å²) < 4.78 is 0. The minimum absolute atomic E-state index is 0. The van der Waals surface area contributed by atoms with Gasteiger partial charge in [-0.25, -0.2) is 0 Å². The number of aliphatic hydroxyl groups excluding tert-OH is 3. The molecule has 0 heterocycles. The molecule has 0 saturated heterocycles. The van der Waals surface area contributed by atoms with E-state index in [1.54, 1.807) is 0 Å². The maximum atomic E-state index is 8.51. The second-order valence-electron chi connectivity index (χ2n) is 2.17. The average Bonchev–Trinajstić information content (AvgIpc) is 1.90. The molecule has 0 saturated carbocycles. The van der Waals surface area contributed by atoms with E-state index in [4.69, 9.17) is 15.3 Å². The van der Waals surface area contributed by atoms with E-state index in [1.165, 1.54) is 0 Å².